The summed E-state index contributed by atoms with van der Waals surface area (Å²) >= 11 is 0. The molecule has 20 heavy (non-hydrogen) atoms. The molecule has 0 atom stereocenters. The molecule has 0 aliphatic carbocycles. The summed E-state index contributed by atoms with van der Waals surface area (Å²) in [7, 11) is 0. The molecule has 0 bridgehead atoms. The lowest BCUT2D eigenvalue weighted by atomic mass is 10.4. The molecule has 0 radical (unpaired) electrons. The molecule has 0 fully saturated rings. The number of aromatic nitrogens is 4. The summed E-state index contributed by atoms with van der Waals surface area (Å²) in [6.45, 7) is -2.20. The first kappa shape index (κ1) is 16.5. The van der Waals surface area contributed by atoms with Crippen LogP contribution in [-0.4, -0.2) is 26.2 Å². The lowest BCUT2D eigenvalue weighted by Crippen LogP contribution is -2.17. The number of nitrogens with zero attached hydrogens (tertiary/aromatic N) is 4. The van der Waals surface area contributed by atoms with Gasteiger partial charge >= 0.3 is 6.55 Å². The second-order valence-corrected chi connectivity index (χ2v) is 3.91. The summed E-state index contributed by atoms with van der Waals surface area (Å²) in [5.41, 5.74) is 1.13. The van der Waals surface area contributed by atoms with E-state index in [-0.39, 0.29) is 25.5 Å². The fourth-order valence-corrected chi connectivity index (χ4v) is 1.69. The van der Waals surface area contributed by atoms with Gasteiger partial charge in [-0.1, -0.05) is 0 Å². The highest BCUT2D eigenvalue weighted by Crippen LogP contribution is 2.11. The maximum atomic E-state index is 12.5. The standard InChI is InChI=1S/C11H14F3N5.ClH/c12-3-6-18-5-2-9(17-18)7-15-8-10-1-4-16-19(10)11(13)14;/h1-2,4-5,11,15H,3,6-8H2;1H. The van der Waals surface area contributed by atoms with Gasteiger partial charge < -0.3 is 5.32 Å². The first-order valence-electron chi connectivity index (χ1n) is 5.80. The molecule has 0 aliphatic heterocycles. The molecule has 0 amide bonds. The smallest absolute Gasteiger partial charge is 0.305 e. The highest BCUT2D eigenvalue weighted by molar-refractivity contribution is 5.85. The fourth-order valence-electron chi connectivity index (χ4n) is 1.69. The van der Waals surface area contributed by atoms with Gasteiger partial charge in [0.25, 0.3) is 0 Å². The third-order valence-electron chi connectivity index (χ3n) is 2.56. The molecule has 112 valence electrons. The zero-order chi connectivity index (χ0) is 13.7. The SMILES string of the molecule is Cl.FCCn1ccc(CNCc2ccnn2C(F)F)n1. The minimum Gasteiger partial charge on any atom is -0.305 e. The van der Waals surface area contributed by atoms with E-state index < -0.39 is 13.2 Å². The molecule has 2 rings (SSSR count). The Bertz CT molecular complexity index is 514. The molecular formula is C11H15ClF3N5. The number of alkyl halides is 3. The molecule has 0 aliphatic rings. The van der Waals surface area contributed by atoms with Crippen LogP contribution in [0.25, 0.3) is 0 Å². The van der Waals surface area contributed by atoms with Gasteiger partial charge in [-0.3, -0.25) is 4.68 Å². The van der Waals surface area contributed by atoms with Crippen LogP contribution in [0.15, 0.2) is 24.5 Å². The Morgan fingerprint density at radius 3 is 2.75 bits per heavy atom. The molecule has 1 N–H and O–H groups in total. The summed E-state index contributed by atoms with van der Waals surface area (Å²) in [6.07, 6.45) is 3.01. The number of rotatable bonds is 7. The van der Waals surface area contributed by atoms with E-state index in [0.717, 1.165) is 5.69 Å². The van der Waals surface area contributed by atoms with E-state index in [4.69, 9.17) is 0 Å². The van der Waals surface area contributed by atoms with Gasteiger partial charge in [0.2, 0.25) is 0 Å². The van der Waals surface area contributed by atoms with Crippen molar-refractivity contribution in [3.05, 3.63) is 35.9 Å². The van der Waals surface area contributed by atoms with Gasteiger partial charge in [0, 0.05) is 25.5 Å². The van der Waals surface area contributed by atoms with Crippen LogP contribution in [0.1, 0.15) is 17.9 Å². The number of hydrogen-bond donors (Lipinski definition) is 1. The number of nitrogens with one attached hydrogen (secondary N) is 1. The van der Waals surface area contributed by atoms with E-state index in [0.29, 0.717) is 16.9 Å². The molecule has 0 unspecified atom stereocenters. The molecular weight excluding hydrogens is 295 g/mol. The number of hydrogen-bond acceptors (Lipinski definition) is 3. The monoisotopic (exact) mass is 309 g/mol. The molecule has 0 saturated carbocycles. The van der Waals surface area contributed by atoms with Gasteiger partial charge in [0.05, 0.1) is 17.9 Å². The van der Waals surface area contributed by atoms with Crippen molar-refractivity contribution >= 4 is 12.4 Å². The highest BCUT2D eigenvalue weighted by Gasteiger charge is 2.10. The van der Waals surface area contributed by atoms with Crippen molar-refractivity contribution in [1.82, 2.24) is 24.9 Å². The maximum absolute atomic E-state index is 12.5. The van der Waals surface area contributed by atoms with Crippen LogP contribution in [0.2, 0.25) is 0 Å². The average Bonchev–Trinajstić information content (AvgIpc) is 2.99. The zero-order valence-corrected chi connectivity index (χ0v) is 11.4. The lowest BCUT2D eigenvalue weighted by Gasteiger charge is -2.06. The van der Waals surface area contributed by atoms with Crippen LogP contribution in [0.3, 0.4) is 0 Å². The third-order valence-corrected chi connectivity index (χ3v) is 2.56. The number of halogens is 4. The number of aryl methyl sites for hydroxylation is 1. The predicted molar refractivity (Wildman–Crippen MR) is 69.5 cm³/mol. The van der Waals surface area contributed by atoms with Crippen molar-refractivity contribution < 1.29 is 13.2 Å². The second-order valence-electron chi connectivity index (χ2n) is 3.91. The molecule has 0 spiro atoms. The van der Waals surface area contributed by atoms with Gasteiger partial charge in [0.15, 0.2) is 0 Å². The Morgan fingerprint density at radius 1 is 1.25 bits per heavy atom. The molecule has 5 nitrogen and oxygen atoms in total. The normalized spacial score (nSPS) is 10.8. The first-order chi connectivity index (χ1) is 9.20. The van der Waals surface area contributed by atoms with Gasteiger partial charge in [-0.15, -0.1) is 12.4 Å². The van der Waals surface area contributed by atoms with Crippen LogP contribution in [0, 0.1) is 0 Å². The third kappa shape index (κ3) is 4.24. The minimum absolute atomic E-state index is 0. The van der Waals surface area contributed by atoms with E-state index in [1.807, 2.05) is 0 Å². The zero-order valence-electron chi connectivity index (χ0n) is 10.5. The van der Waals surface area contributed by atoms with Gasteiger partial charge in [-0.25, -0.2) is 9.07 Å². The molecule has 2 aromatic heterocycles. The van der Waals surface area contributed by atoms with Crippen LogP contribution in [0.5, 0.6) is 0 Å². The topological polar surface area (TPSA) is 47.7 Å². The van der Waals surface area contributed by atoms with Crippen LogP contribution < -0.4 is 5.32 Å². The maximum Gasteiger partial charge on any atom is 0.333 e. The van der Waals surface area contributed by atoms with Crippen LogP contribution in [-0.2, 0) is 19.6 Å². The summed E-state index contributed by atoms with van der Waals surface area (Å²) < 4.78 is 39.3. The highest BCUT2D eigenvalue weighted by atomic mass is 35.5. The molecule has 2 aromatic rings. The summed E-state index contributed by atoms with van der Waals surface area (Å²) in [5.74, 6) is 0. The van der Waals surface area contributed by atoms with Crippen LogP contribution >= 0.6 is 12.4 Å². The van der Waals surface area contributed by atoms with Crippen LogP contribution in [0.4, 0.5) is 13.2 Å². The van der Waals surface area contributed by atoms with E-state index in [2.05, 4.69) is 15.5 Å². The summed E-state index contributed by atoms with van der Waals surface area (Å²) in [6, 6.07) is 3.29. The Labute approximate surface area is 120 Å². The predicted octanol–water partition coefficient (Wildman–Crippen LogP) is 2.16. The van der Waals surface area contributed by atoms with Crippen molar-refractivity contribution in [3.63, 3.8) is 0 Å². The first-order valence-corrected chi connectivity index (χ1v) is 5.80. The Kier molecular flexibility index (Phi) is 6.53. The van der Waals surface area contributed by atoms with E-state index in [1.165, 1.54) is 16.9 Å². The lowest BCUT2D eigenvalue weighted by molar-refractivity contribution is 0.0531. The van der Waals surface area contributed by atoms with Gasteiger partial charge in [-0.05, 0) is 12.1 Å². The van der Waals surface area contributed by atoms with Crippen molar-refractivity contribution in [1.29, 1.82) is 0 Å². The van der Waals surface area contributed by atoms with Gasteiger partial charge in [0.1, 0.15) is 6.67 Å². The van der Waals surface area contributed by atoms with Crippen molar-refractivity contribution in [2.45, 2.75) is 26.2 Å². The van der Waals surface area contributed by atoms with E-state index in [1.54, 1.807) is 12.3 Å². The Hall–Kier alpha value is -1.54. The quantitative estimate of drug-likeness (QED) is 0.852. The Morgan fingerprint density at radius 2 is 2.05 bits per heavy atom. The summed E-state index contributed by atoms with van der Waals surface area (Å²) in [5, 5.41) is 10.6. The molecule has 9 heteroatoms. The van der Waals surface area contributed by atoms with Crippen molar-refractivity contribution in [3.8, 4) is 0 Å². The van der Waals surface area contributed by atoms with Crippen molar-refractivity contribution in [2.24, 2.45) is 0 Å². The van der Waals surface area contributed by atoms with E-state index >= 15 is 0 Å². The van der Waals surface area contributed by atoms with Gasteiger partial charge in [-0.2, -0.15) is 19.0 Å². The average molecular weight is 310 g/mol. The van der Waals surface area contributed by atoms with E-state index in [9.17, 15) is 13.2 Å². The fraction of sp³-hybridized carbons (Fsp3) is 0.455. The second kappa shape index (κ2) is 7.91. The summed E-state index contributed by atoms with van der Waals surface area (Å²) in [4.78, 5) is 0. The Balaban J connectivity index is 0.00000200. The molecule has 0 aromatic carbocycles. The largest absolute Gasteiger partial charge is 0.333 e. The molecule has 0 saturated heterocycles. The minimum atomic E-state index is -2.64. The molecule has 2 heterocycles. The van der Waals surface area contributed by atoms with Crippen molar-refractivity contribution in [2.75, 3.05) is 6.67 Å².